The number of carbonyl (C=O) groups is 2. The Morgan fingerprint density at radius 1 is 1.24 bits per heavy atom. The molecule has 1 aliphatic rings. The number of aliphatic carboxylic acids is 1. The average Bonchev–Trinajstić information content (AvgIpc) is 3.00. The van der Waals surface area contributed by atoms with Crippen molar-refractivity contribution in [1.82, 2.24) is 5.32 Å². The molecule has 0 radical (unpaired) electrons. The molecule has 1 saturated carbocycles. The maximum atomic E-state index is 11.9. The van der Waals surface area contributed by atoms with Crippen LogP contribution in [-0.2, 0) is 19.4 Å². The van der Waals surface area contributed by atoms with E-state index >= 15 is 0 Å². The van der Waals surface area contributed by atoms with Crippen LogP contribution in [0.25, 0.3) is 0 Å². The summed E-state index contributed by atoms with van der Waals surface area (Å²) in [5.41, 5.74) is 0. The molecule has 1 amide bonds. The minimum absolute atomic E-state index is 0.0574. The minimum atomic E-state index is -3.22. The summed E-state index contributed by atoms with van der Waals surface area (Å²) in [4.78, 5) is 23.0. The molecule has 0 aliphatic heterocycles. The van der Waals surface area contributed by atoms with E-state index in [9.17, 15) is 18.0 Å². The number of hydrogen-bond donors (Lipinski definition) is 2. The number of ether oxygens (including phenoxy) is 1. The molecule has 0 spiro atoms. The number of rotatable bonds is 8. The molecule has 7 nitrogen and oxygen atoms in total. The fraction of sp³-hybridized carbons (Fsp3) is 0.529. The number of carboxylic acid groups (broad SMARTS) is 1. The van der Waals surface area contributed by atoms with Gasteiger partial charge in [-0.15, -0.1) is 0 Å². The summed E-state index contributed by atoms with van der Waals surface area (Å²) in [5.74, 6) is -0.712. The third kappa shape index (κ3) is 6.04. The summed E-state index contributed by atoms with van der Waals surface area (Å²) < 4.78 is 28.2. The maximum Gasteiger partial charge on any atom is 0.306 e. The lowest BCUT2D eigenvalue weighted by Gasteiger charge is -2.12. The van der Waals surface area contributed by atoms with Gasteiger partial charge in [0.2, 0.25) is 5.91 Å². The Labute approximate surface area is 147 Å². The first kappa shape index (κ1) is 19.2. The van der Waals surface area contributed by atoms with Gasteiger partial charge in [0.1, 0.15) is 5.75 Å². The zero-order valence-electron chi connectivity index (χ0n) is 14.1. The zero-order valence-corrected chi connectivity index (χ0v) is 14.9. The van der Waals surface area contributed by atoms with E-state index in [1.54, 1.807) is 12.1 Å². The molecule has 1 fully saturated rings. The predicted molar refractivity (Wildman–Crippen MR) is 91.2 cm³/mol. The summed E-state index contributed by atoms with van der Waals surface area (Å²) in [6, 6.07) is 6.08. The molecule has 8 heteroatoms. The van der Waals surface area contributed by atoms with E-state index in [2.05, 4.69) is 5.32 Å². The quantitative estimate of drug-likeness (QED) is 0.674. The first-order valence-electron chi connectivity index (χ1n) is 8.21. The van der Waals surface area contributed by atoms with Gasteiger partial charge >= 0.3 is 5.97 Å². The predicted octanol–water partition coefficient (Wildman–Crippen LogP) is 1.62. The van der Waals surface area contributed by atoms with Crippen LogP contribution >= 0.6 is 0 Å². The van der Waals surface area contributed by atoms with Crippen molar-refractivity contribution in [2.45, 2.75) is 43.0 Å². The third-order valence-corrected chi connectivity index (χ3v) is 5.34. The summed E-state index contributed by atoms with van der Waals surface area (Å²) in [6.07, 6.45) is 3.76. The van der Waals surface area contributed by atoms with Gasteiger partial charge in [0.15, 0.2) is 9.84 Å². The molecule has 2 atom stereocenters. The molecular formula is C17H23NO6S. The Morgan fingerprint density at radius 3 is 2.48 bits per heavy atom. The molecule has 25 heavy (non-hydrogen) atoms. The van der Waals surface area contributed by atoms with Crippen molar-refractivity contribution in [2.24, 2.45) is 5.92 Å². The molecule has 0 unspecified atom stereocenters. The molecule has 2 N–H and O–H groups in total. The SMILES string of the molecule is CS(=O)(=O)c1ccc(OCCCC(=O)N[C@H]2CC[C@@H](C(=O)O)C2)cc1. The van der Waals surface area contributed by atoms with Crippen molar-refractivity contribution in [2.75, 3.05) is 12.9 Å². The Bertz CT molecular complexity index is 713. The van der Waals surface area contributed by atoms with Crippen LogP contribution in [0.3, 0.4) is 0 Å². The van der Waals surface area contributed by atoms with Crippen LogP contribution in [-0.4, -0.2) is 44.3 Å². The second-order valence-corrected chi connectivity index (χ2v) is 8.32. The molecule has 1 aromatic rings. The van der Waals surface area contributed by atoms with Crippen molar-refractivity contribution >= 4 is 21.7 Å². The number of sulfone groups is 1. The summed E-state index contributed by atoms with van der Waals surface area (Å²) in [7, 11) is -3.22. The van der Waals surface area contributed by atoms with Gasteiger partial charge in [-0.2, -0.15) is 0 Å². The number of nitrogens with one attached hydrogen (secondary N) is 1. The smallest absolute Gasteiger partial charge is 0.306 e. The largest absolute Gasteiger partial charge is 0.494 e. The van der Waals surface area contributed by atoms with Gasteiger partial charge in [0, 0.05) is 18.7 Å². The highest BCUT2D eigenvalue weighted by molar-refractivity contribution is 7.90. The highest BCUT2D eigenvalue weighted by atomic mass is 32.2. The van der Waals surface area contributed by atoms with Crippen molar-refractivity contribution in [3.8, 4) is 5.75 Å². The molecule has 1 aliphatic carbocycles. The van der Waals surface area contributed by atoms with Crippen LogP contribution < -0.4 is 10.1 Å². The van der Waals surface area contributed by atoms with E-state index in [0.717, 1.165) is 6.26 Å². The van der Waals surface area contributed by atoms with E-state index in [0.29, 0.717) is 44.5 Å². The Morgan fingerprint density at radius 2 is 1.92 bits per heavy atom. The van der Waals surface area contributed by atoms with Gasteiger partial charge in [0.05, 0.1) is 17.4 Å². The molecule has 0 bridgehead atoms. The van der Waals surface area contributed by atoms with Crippen molar-refractivity contribution in [3.05, 3.63) is 24.3 Å². The summed E-state index contributed by atoms with van der Waals surface area (Å²) in [5, 5.41) is 11.8. The Kier molecular flexibility index (Phi) is 6.41. The molecule has 2 rings (SSSR count). The van der Waals surface area contributed by atoms with Crippen LogP contribution in [0.5, 0.6) is 5.75 Å². The summed E-state index contributed by atoms with van der Waals surface area (Å²) in [6.45, 7) is 0.341. The molecule has 0 saturated heterocycles. The first-order valence-corrected chi connectivity index (χ1v) is 10.1. The molecule has 0 heterocycles. The Balaban J connectivity index is 1.66. The normalized spacial score (nSPS) is 20.2. The van der Waals surface area contributed by atoms with Crippen molar-refractivity contribution in [3.63, 3.8) is 0 Å². The van der Waals surface area contributed by atoms with Gasteiger partial charge in [-0.3, -0.25) is 9.59 Å². The van der Waals surface area contributed by atoms with Gasteiger partial charge in [-0.25, -0.2) is 8.42 Å². The van der Waals surface area contributed by atoms with Crippen LogP contribution in [0.4, 0.5) is 0 Å². The monoisotopic (exact) mass is 369 g/mol. The lowest BCUT2D eigenvalue weighted by molar-refractivity contribution is -0.141. The number of carbonyl (C=O) groups excluding carboxylic acids is 1. The zero-order chi connectivity index (χ0) is 18.4. The average molecular weight is 369 g/mol. The number of amides is 1. The van der Waals surface area contributed by atoms with Gasteiger partial charge in [-0.05, 0) is 49.9 Å². The molecule has 138 valence electrons. The van der Waals surface area contributed by atoms with Gasteiger partial charge < -0.3 is 15.2 Å². The lowest BCUT2D eigenvalue weighted by atomic mass is 10.1. The summed E-state index contributed by atoms with van der Waals surface area (Å²) >= 11 is 0. The second-order valence-electron chi connectivity index (χ2n) is 6.31. The van der Waals surface area contributed by atoms with E-state index < -0.39 is 15.8 Å². The van der Waals surface area contributed by atoms with Crippen LogP contribution in [0, 0.1) is 5.92 Å². The van der Waals surface area contributed by atoms with Crippen LogP contribution in [0.15, 0.2) is 29.2 Å². The van der Waals surface area contributed by atoms with E-state index in [1.807, 2.05) is 0 Å². The molecule has 1 aromatic carbocycles. The van der Waals surface area contributed by atoms with Crippen molar-refractivity contribution in [1.29, 1.82) is 0 Å². The number of benzene rings is 1. The fourth-order valence-corrected chi connectivity index (χ4v) is 3.47. The number of carboxylic acids is 1. The lowest BCUT2D eigenvalue weighted by Crippen LogP contribution is -2.33. The van der Waals surface area contributed by atoms with E-state index in [4.69, 9.17) is 9.84 Å². The molecule has 0 aromatic heterocycles. The second kappa shape index (κ2) is 8.33. The van der Waals surface area contributed by atoms with Gasteiger partial charge in [-0.1, -0.05) is 0 Å². The minimum Gasteiger partial charge on any atom is -0.494 e. The fourth-order valence-electron chi connectivity index (χ4n) is 2.84. The third-order valence-electron chi connectivity index (χ3n) is 4.22. The van der Waals surface area contributed by atoms with E-state index in [1.165, 1.54) is 12.1 Å². The highest BCUT2D eigenvalue weighted by Gasteiger charge is 2.30. The van der Waals surface area contributed by atoms with Crippen LogP contribution in [0.1, 0.15) is 32.1 Å². The highest BCUT2D eigenvalue weighted by Crippen LogP contribution is 2.25. The van der Waals surface area contributed by atoms with Crippen molar-refractivity contribution < 1.29 is 27.9 Å². The molecular weight excluding hydrogens is 346 g/mol. The first-order chi connectivity index (χ1) is 11.8. The topological polar surface area (TPSA) is 110 Å². The standard InChI is InChI=1S/C17H23NO6S/c1-25(22,23)15-8-6-14(7-9-15)24-10-2-3-16(19)18-13-5-4-12(11-13)17(20)21/h6-9,12-13H,2-5,10-11H2,1H3,(H,18,19)(H,20,21)/t12-,13+/m1/s1. The number of hydrogen-bond acceptors (Lipinski definition) is 5. The van der Waals surface area contributed by atoms with Gasteiger partial charge in [0.25, 0.3) is 0 Å². The maximum absolute atomic E-state index is 11.9. The Hall–Kier alpha value is -2.09. The van der Waals surface area contributed by atoms with Crippen LogP contribution in [0.2, 0.25) is 0 Å². The van der Waals surface area contributed by atoms with E-state index in [-0.39, 0.29) is 22.8 Å².